The van der Waals surface area contributed by atoms with Gasteiger partial charge in [0.1, 0.15) is 14.1 Å². The molecule has 102 valence electrons. The summed E-state index contributed by atoms with van der Waals surface area (Å²) in [6, 6.07) is 0. The Morgan fingerprint density at radius 3 is 1.39 bits per heavy atom. The van der Waals surface area contributed by atoms with E-state index >= 15 is 0 Å². The van der Waals surface area contributed by atoms with Crippen LogP contribution in [0, 0.1) is 11.8 Å². The number of hydrogen-bond donors (Lipinski definition) is 0. The molecule has 8 heteroatoms. The molecule has 3 aliphatic rings. The van der Waals surface area contributed by atoms with Crippen molar-refractivity contribution in [3.63, 3.8) is 0 Å². The first-order valence-electron chi connectivity index (χ1n) is 5.20. The van der Waals surface area contributed by atoms with Crippen LogP contribution < -0.4 is 0 Å². The van der Waals surface area contributed by atoms with Gasteiger partial charge in [0.25, 0.3) is 0 Å². The SMILES string of the molecule is ClC1=C(Cl)C2(Cl)C3CC(Cl)(Cl)CC3C1(Cl)C2(Cl)Cl. The second-order valence-corrected chi connectivity index (χ2v) is 10.0. The van der Waals surface area contributed by atoms with Gasteiger partial charge < -0.3 is 0 Å². The second kappa shape index (κ2) is 3.87. The molecule has 0 N–H and O–H groups in total. The fourth-order valence-electron chi connectivity index (χ4n) is 3.50. The number of alkyl halides is 6. The maximum atomic E-state index is 6.61. The Morgan fingerprint density at radius 1 is 0.722 bits per heavy atom. The van der Waals surface area contributed by atoms with Crippen molar-refractivity contribution in [2.45, 2.75) is 31.3 Å². The predicted molar refractivity (Wildman–Crippen MR) is 81.0 cm³/mol. The zero-order valence-electron chi connectivity index (χ0n) is 8.59. The van der Waals surface area contributed by atoms with E-state index in [0.29, 0.717) is 12.8 Å². The van der Waals surface area contributed by atoms with Gasteiger partial charge in [-0.1, -0.05) is 46.4 Å². The molecule has 0 aromatic rings. The Balaban J connectivity index is 2.23. The van der Waals surface area contributed by atoms with Crippen molar-refractivity contribution in [1.82, 2.24) is 0 Å². The summed E-state index contributed by atoms with van der Waals surface area (Å²) in [7, 11) is 0. The summed E-state index contributed by atoms with van der Waals surface area (Å²) in [6.45, 7) is 0. The lowest BCUT2D eigenvalue weighted by molar-refractivity contribution is 0.382. The van der Waals surface area contributed by atoms with E-state index in [2.05, 4.69) is 0 Å². The van der Waals surface area contributed by atoms with Crippen LogP contribution in [0.3, 0.4) is 0 Å². The smallest absolute Gasteiger partial charge is 0.109 e. The molecule has 18 heavy (non-hydrogen) atoms. The molecular formula is C10H6Cl8. The molecule has 0 aromatic heterocycles. The van der Waals surface area contributed by atoms with Gasteiger partial charge in [0.2, 0.25) is 0 Å². The number of fused-ring (bicyclic) bond motifs is 5. The third-order valence-electron chi connectivity index (χ3n) is 4.29. The first-order chi connectivity index (χ1) is 8.00. The topological polar surface area (TPSA) is 0 Å². The minimum absolute atomic E-state index is 0.198. The number of allylic oxidation sites excluding steroid dienone is 2. The highest BCUT2D eigenvalue weighted by Gasteiger charge is 2.84. The third kappa shape index (κ3) is 1.36. The quantitative estimate of drug-likeness (QED) is 0.428. The number of rotatable bonds is 0. The molecule has 0 aliphatic heterocycles. The second-order valence-electron chi connectivity index (χ2n) is 5.10. The molecule has 2 fully saturated rings. The highest BCUT2D eigenvalue weighted by Crippen LogP contribution is 2.80. The van der Waals surface area contributed by atoms with Crippen LogP contribution in [-0.4, -0.2) is 18.4 Å². The normalized spacial score (nSPS) is 52.0. The lowest BCUT2D eigenvalue weighted by Crippen LogP contribution is -2.46. The van der Waals surface area contributed by atoms with Crippen molar-refractivity contribution in [2.75, 3.05) is 0 Å². The van der Waals surface area contributed by atoms with Gasteiger partial charge in [0.05, 0.1) is 10.1 Å². The Hall–Kier alpha value is 2.06. The van der Waals surface area contributed by atoms with Gasteiger partial charge in [-0.2, -0.15) is 0 Å². The highest BCUT2D eigenvalue weighted by atomic mass is 35.5. The molecule has 0 spiro atoms. The van der Waals surface area contributed by atoms with Crippen LogP contribution in [-0.2, 0) is 0 Å². The molecule has 4 atom stereocenters. The van der Waals surface area contributed by atoms with Crippen LogP contribution in [0.1, 0.15) is 12.8 Å². The lowest BCUT2D eigenvalue weighted by atomic mass is 9.85. The van der Waals surface area contributed by atoms with Crippen LogP contribution in [0.15, 0.2) is 10.1 Å². The standard InChI is InChI=1S/C10H6Cl8/c11-5-6(12)9(16)4-2-7(13,14)1-3(4)8(5,15)10(9,17)18/h3-4H,1-2H2. The molecule has 2 bridgehead atoms. The molecule has 3 rings (SSSR count). The molecule has 0 saturated heterocycles. The van der Waals surface area contributed by atoms with Gasteiger partial charge in [0.15, 0.2) is 4.33 Å². The van der Waals surface area contributed by atoms with Gasteiger partial charge in [-0.15, -0.1) is 46.4 Å². The third-order valence-corrected chi connectivity index (χ3v) is 9.26. The van der Waals surface area contributed by atoms with E-state index in [9.17, 15) is 0 Å². The van der Waals surface area contributed by atoms with Crippen molar-refractivity contribution in [3.8, 4) is 0 Å². The van der Waals surface area contributed by atoms with Crippen LogP contribution in [0.25, 0.3) is 0 Å². The van der Waals surface area contributed by atoms with Crippen molar-refractivity contribution in [2.24, 2.45) is 11.8 Å². The summed E-state index contributed by atoms with van der Waals surface area (Å²) in [4.78, 5) is -2.46. The average molecular weight is 410 g/mol. The monoisotopic (exact) mass is 406 g/mol. The first kappa shape index (κ1) is 15.0. The Morgan fingerprint density at radius 2 is 1.06 bits per heavy atom. The van der Waals surface area contributed by atoms with Crippen LogP contribution >= 0.6 is 92.8 Å². The summed E-state index contributed by atoms with van der Waals surface area (Å²) in [5.41, 5.74) is 0. The van der Waals surface area contributed by atoms with E-state index < -0.39 is 18.4 Å². The molecule has 0 nitrogen and oxygen atoms in total. The molecule has 4 unspecified atom stereocenters. The lowest BCUT2D eigenvalue weighted by Gasteiger charge is -2.35. The molecule has 3 aliphatic carbocycles. The van der Waals surface area contributed by atoms with E-state index in [0.717, 1.165) is 0 Å². The van der Waals surface area contributed by atoms with Crippen LogP contribution in [0.5, 0.6) is 0 Å². The van der Waals surface area contributed by atoms with Crippen molar-refractivity contribution < 1.29 is 0 Å². The van der Waals surface area contributed by atoms with E-state index in [1.165, 1.54) is 0 Å². The van der Waals surface area contributed by atoms with Crippen molar-refractivity contribution in [3.05, 3.63) is 10.1 Å². The van der Waals surface area contributed by atoms with E-state index in [4.69, 9.17) is 92.8 Å². The zero-order valence-corrected chi connectivity index (χ0v) is 14.6. The van der Waals surface area contributed by atoms with Gasteiger partial charge in [-0.3, -0.25) is 0 Å². The van der Waals surface area contributed by atoms with E-state index in [-0.39, 0.29) is 21.9 Å². The fraction of sp³-hybridized carbons (Fsp3) is 0.800. The minimum atomic E-state index is -1.48. The van der Waals surface area contributed by atoms with Gasteiger partial charge in [-0.05, 0) is 24.7 Å². The summed E-state index contributed by atoms with van der Waals surface area (Å²) in [5.74, 6) is -0.395. The summed E-state index contributed by atoms with van der Waals surface area (Å²) in [6.07, 6.45) is 0.862. The molecule has 0 radical (unpaired) electrons. The summed E-state index contributed by atoms with van der Waals surface area (Å²) in [5, 5.41) is 0.413. The Bertz CT molecular complexity index is 430. The minimum Gasteiger partial charge on any atom is -0.109 e. The Kier molecular flexibility index (Phi) is 3.22. The maximum Gasteiger partial charge on any atom is 0.166 e. The fourth-order valence-corrected chi connectivity index (χ4v) is 7.25. The average Bonchev–Trinajstić information content (AvgIpc) is 2.67. The summed E-state index contributed by atoms with van der Waals surface area (Å²) < 4.78 is -2.38. The molecule has 0 heterocycles. The molecule has 0 amide bonds. The highest BCUT2D eigenvalue weighted by molar-refractivity contribution is 6.66. The summed E-state index contributed by atoms with van der Waals surface area (Å²) >= 11 is 50.8. The first-order valence-corrected chi connectivity index (χ1v) is 8.22. The largest absolute Gasteiger partial charge is 0.166 e. The molecular weight excluding hydrogens is 404 g/mol. The zero-order chi connectivity index (χ0) is 13.7. The van der Waals surface area contributed by atoms with Crippen molar-refractivity contribution >= 4 is 92.8 Å². The van der Waals surface area contributed by atoms with Crippen LogP contribution in [0.2, 0.25) is 0 Å². The maximum absolute atomic E-state index is 6.61. The van der Waals surface area contributed by atoms with Gasteiger partial charge >= 0.3 is 0 Å². The van der Waals surface area contributed by atoms with Crippen LogP contribution in [0.4, 0.5) is 0 Å². The number of hydrogen-bond acceptors (Lipinski definition) is 0. The van der Waals surface area contributed by atoms with E-state index in [1.54, 1.807) is 0 Å². The Labute approximate surface area is 145 Å². The molecule has 2 saturated carbocycles. The van der Waals surface area contributed by atoms with Crippen molar-refractivity contribution in [1.29, 1.82) is 0 Å². The predicted octanol–water partition coefficient (Wildman–Crippen LogP) is 6.03. The van der Waals surface area contributed by atoms with Gasteiger partial charge in [-0.25, -0.2) is 0 Å². The van der Waals surface area contributed by atoms with E-state index in [1.807, 2.05) is 0 Å². The number of halogens is 8. The van der Waals surface area contributed by atoms with Gasteiger partial charge in [0, 0.05) is 0 Å². The molecule has 0 aromatic carbocycles.